The van der Waals surface area contributed by atoms with E-state index in [1.165, 1.54) is 6.92 Å². The Balaban J connectivity index is 2.82. The quantitative estimate of drug-likeness (QED) is 0.0784. The van der Waals surface area contributed by atoms with Crippen LogP contribution in [0.4, 0.5) is 0 Å². The van der Waals surface area contributed by atoms with Gasteiger partial charge in [-0.2, -0.15) is 0 Å². The highest BCUT2D eigenvalue weighted by Gasteiger charge is 2.38. The van der Waals surface area contributed by atoms with E-state index in [-0.39, 0.29) is 76.4 Å². The molecule has 1 fully saturated rings. The van der Waals surface area contributed by atoms with Gasteiger partial charge >= 0.3 is 0 Å². The number of carbonyl (C=O) groups is 10. The maximum absolute atomic E-state index is 14.5. The van der Waals surface area contributed by atoms with Crippen LogP contribution in [-0.4, -0.2) is 144 Å². The van der Waals surface area contributed by atoms with Gasteiger partial charge in [0, 0.05) is 19.4 Å². The summed E-state index contributed by atoms with van der Waals surface area (Å²) < 4.78 is 0. The maximum Gasteiger partial charge on any atom is 0.245 e. The summed E-state index contributed by atoms with van der Waals surface area (Å²) in [6.07, 6.45) is 0.867. The molecule has 23 heteroatoms. The SMILES string of the molecule is CCCCCC(=O)N[C@H]1CCNC(=O)[C@H]([C@@H](C)O)NC(=O)[C@H](CC(C)C)NC(=O)[C@@H](C(C)C)NC(=O)[C@H](CCN)NC(=O)[C@H](CC(C)C)NC(=O)[C@@H](Cc2ccccc2)NC(=O)[C@H](CCN)NC(=O)[C@H]([C@@H](C)CC)NC1=O. The fraction of sp³-hybridized carbons (Fsp3) is 0.704. The van der Waals surface area contributed by atoms with Crippen LogP contribution in [0.5, 0.6) is 0 Å². The third-order valence-corrected chi connectivity index (χ3v) is 13.3. The lowest BCUT2D eigenvalue weighted by Crippen LogP contribution is -2.62. The van der Waals surface area contributed by atoms with E-state index < -0.39 is 131 Å². The van der Waals surface area contributed by atoms with Crippen LogP contribution in [0.25, 0.3) is 0 Å². The average Bonchev–Trinajstić information content (AvgIpc) is 3.36. The standard InChI is InChI=1S/C54H92N12O11/c1-11-13-15-20-42(68)58-38-23-26-57-52(75)45(34(10)67)66-51(74)40(28-31(5)6)63-53(76)43(32(7)8)64-47(70)37(22-25-56)59-49(72)39(27-30(3)4)61-50(73)41(29-35-18-16-14-17-19-35)62-46(69)36(21-24-55)60-54(77)44(33(9)12-2)65-48(38)71/h14,16-19,30-34,36-41,43-45,67H,11-13,15,20-29,55-56H2,1-10H3,(H,57,75)(H,58,68)(H,59,72)(H,60,77)(H,61,73)(H,62,69)(H,63,76)(H,64,70)(H,65,71)(H,66,74)/t33-,34+,36-,37-,38-,39-,40-,41+,43+,44-,45-/m0/s1. The van der Waals surface area contributed by atoms with Gasteiger partial charge in [0.15, 0.2) is 0 Å². The Morgan fingerprint density at radius 2 is 1.03 bits per heavy atom. The summed E-state index contributed by atoms with van der Waals surface area (Å²) in [6, 6.07) is -3.07. The number of aliphatic hydroxyl groups excluding tert-OH is 1. The molecule has 0 spiro atoms. The van der Waals surface area contributed by atoms with Crippen LogP contribution in [0, 0.1) is 23.7 Å². The van der Waals surface area contributed by atoms with Crippen molar-refractivity contribution in [1.29, 1.82) is 0 Å². The van der Waals surface area contributed by atoms with Gasteiger partial charge < -0.3 is 69.7 Å². The van der Waals surface area contributed by atoms with Gasteiger partial charge in [0.2, 0.25) is 59.1 Å². The smallest absolute Gasteiger partial charge is 0.245 e. The molecule has 0 saturated carbocycles. The molecule has 1 aromatic carbocycles. The molecule has 0 bridgehead atoms. The first-order valence-corrected chi connectivity index (χ1v) is 27.5. The summed E-state index contributed by atoms with van der Waals surface area (Å²) >= 11 is 0. The third kappa shape index (κ3) is 23.5. The summed E-state index contributed by atoms with van der Waals surface area (Å²) in [5, 5.41) is 37.8. The molecule has 1 saturated heterocycles. The minimum Gasteiger partial charge on any atom is -0.391 e. The zero-order chi connectivity index (χ0) is 57.9. The van der Waals surface area contributed by atoms with E-state index in [2.05, 4.69) is 53.2 Å². The van der Waals surface area contributed by atoms with Crippen molar-refractivity contribution in [1.82, 2.24) is 53.2 Å². The van der Waals surface area contributed by atoms with Gasteiger partial charge in [0.05, 0.1) is 6.10 Å². The number of rotatable bonds is 19. The first kappa shape index (κ1) is 66.9. The van der Waals surface area contributed by atoms with Gasteiger partial charge in [0.1, 0.15) is 54.4 Å². The molecule has 434 valence electrons. The summed E-state index contributed by atoms with van der Waals surface area (Å²) in [7, 11) is 0. The third-order valence-electron chi connectivity index (χ3n) is 13.3. The Morgan fingerprint density at radius 1 is 0.571 bits per heavy atom. The van der Waals surface area contributed by atoms with Crippen LogP contribution in [0.2, 0.25) is 0 Å². The molecule has 1 heterocycles. The molecule has 0 aliphatic carbocycles. The second-order valence-electron chi connectivity index (χ2n) is 21.4. The van der Waals surface area contributed by atoms with Gasteiger partial charge in [-0.05, 0) is 87.8 Å². The lowest BCUT2D eigenvalue weighted by molar-refractivity contribution is -0.137. The Labute approximate surface area is 455 Å². The van der Waals surface area contributed by atoms with Crippen LogP contribution in [0.3, 0.4) is 0 Å². The second kappa shape index (κ2) is 34.5. The second-order valence-corrected chi connectivity index (χ2v) is 21.4. The van der Waals surface area contributed by atoms with Crippen molar-refractivity contribution in [3.05, 3.63) is 35.9 Å². The molecule has 77 heavy (non-hydrogen) atoms. The average molecular weight is 1090 g/mol. The Bertz CT molecular complexity index is 2090. The van der Waals surface area contributed by atoms with Crippen molar-refractivity contribution in [3.8, 4) is 0 Å². The highest BCUT2D eigenvalue weighted by Crippen LogP contribution is 2.14. The molecule has 0 unspecified atom stereocenters. The van der Waals surface area contributed by atoms with Crippen LogP contribution in [0.15, 0.2) is 30.3 Å². The molecule has 0 aromatic heterocycles. The number of benzene rings is 1. The predicted octanol–water partition coefficient (Wildman–Crippen LogP) is -0.435. The van der Waals surface area contributed by atoms with Crippen molar-refractivity contribution < 1.29 is 53.1 Å². The number of hydrogen-bond donors (Lipinski definition) is 13. The van der Waals surface area contributed by atoms with Crippen LogP contribution in [-0.2, 0) is 54.4 Å². The fourth-order valence-corrected chi connectivity index (χ4v) is 8.60. The van der Waals surface area contributed by atoms with Gasteiger partial charge in [0.25, 0.3) is 0 Å². The highest BCUT2D eigenvalue weighted by molar-refractivity contribution is 5.99. The molecule has 10 amide bonds. The van der Waals surface area contributed by atoms with Crippen LogP contribution in [0.1, 0.15) is 139 Å². The molecular weight excluding hydrogens is 993 g/mol. The van der Waals surface area contributed by atoms with E-state index in [1.54, 1.807) is 71.9 Å². The van der Waals surface area contributed by atoms with Crippen molar-refractivity contribution in [2.24, 2.45) is 35.1 Å². The fourth-order valence-electron chi connectivity index (χ4n) is 8.60. The largest absolute Gasteiger partial charge is 0.391 e. The van der Waals surface area contributed by atoms with Crippen molar-refractivity contribution in [2.45, 2.75) is 200 Å². The van der Waals surface area contributed by atoms with Gasteiger partial charge in [-0.1, -0.05) is 112 Å². The normalized spacial score (nSPS) is 25.5. The Morgan fingerprint density at radius 3 is 1.55 bits per heavy atom. The van der Waals surface area contributed by atoms with Gasteiger partial charge in [-0.15, -0.1) is 0 Å². The molecule has 1 aliphatic rings. The van der Waals surface area contributed by atoms with Gasteiger partial charge in [-0.3, -0.25) is 47.9 Å². The Kier molecular flexibility index (Phi) is 30.0. The minimum atomic E-state index is -1.56. The number of unbranched alkanes of at least 4 members (excludes halogenated alkanes) is 2. The molecule has 0 radical (unpaired) electrons. The molecule has 1 aromatic rings. The summed E-state index contributed by atoms with van der Waals surface area (Å²) in [5.41, 5.74) is 12.6. The van der Waals surface area contributed by atoms with Gasteiger partial charge in [-0.25, -0.2) is 0 Å². The summed E-state index contributed by atoms with van der Waals surface area (Å²) in [6.45, 7) is 16.9. The topological polar surface area (TPSA) is 363 Å². The molecular formula is C54H92N12O11. The summed E-state index contributed by atoms with van der Waals surface area (Å²) in [4.78, 5) is 141. The highest BCUT2D eigenvalue weighted by atomic mass is 16.3. The zero-order valence-corrected chi connectivity index (χ0v) is 47.1. The summed E-state index contributed by atoms with van der Waals surface area (Å²) in [5.74, 6) is -8.94. The maximum atomic E-state index is 14.5. The first-order valence-electron chi connectivity index (χ1n) is 27.5. The lowest BCUT2D eigenvalue weighted by Gasteiger charge is -2.30. The van der Waals surface area contributed by atoms with E-state index >= 15 is 0 Å². The monoisotopic (exact) mass is 1080 g/mol. The van der Waals surface area contributed by atoms with Crippen molar-refractivity contribution in [3.63, 3.8) is 0 Å². The number of nitrogens with one attached hydrogen (secondary N) is 10. The lowest BCUT2D eigenvalue weighted by atomic mass is 9.96. The van der Waals surface area contributed by atoms with Crippen LogP contribution >= 0.6 is 0 Å². The Hall–Kier alpha value is -6.20. The number of carbonyl (C=O) groups excluding carboxylic acids is 10. The minimum absolute atomic E-state index is 0.0501. The van der Waals surface area contributed by atoms with E-state index in [4.69, 9.17) is 11.5 Å². The molecule has 23 nitrogen and oxygen atoms in total. The van der Waals surface area contributed by atoms with E-state index in [0.29, 0.717) is 18.4 Å². The van der Waals surface area contributed by atoms with Crippen molar-refractivity contribution >= 4 is 59.1 Å². The van der Waals surface area contributed by atoms with E-state index in [9.17, 15) is 53.1 Å². The van der Waals surface area contributed by atoms with Crippen LogP contribution < -0.4 is 64.6 Å². The van der Waals surface area contributed by atoms with Crippen molar-refractivity contribution in [2.75, 3.05) is 19.6 Å². The number of aliphatic hydroxyl groups is 1. The molecule has 11 atom stereocenters. The first-order chi connectivity index (χ1) is 36.4. The molecule has 1 aliphatic heterocycles. The molecule has 2 rings (SSSR count). The zero-order valence-electron chi connectivity index (χ0n) is 47.1. The number of nitrogens with two attached hydrogens (primary N) is 2. The number of hydrogen-bond acceptors (Lipinski definition) is 13. The predicted molar refractivity (Wildman–Crippen MR) is 292 cm³/mol. The molecule has 15 N–H and O–H groups in total. The van der Waals surface area contributed by atoms with E-state index in [0.717, 1.165) is 12.8 Å². The number of amides is 10. The van der Waals surface area contributed by atoms with E-state index in [1.807, 2.05) is 20.8 Å².